The topological polar surface area (TPSA) is 188 Å². The van der Waals surface area contributed by atoms with E-state index in [2.05, 4.69) is 16.0 Å². The van der Waals surface area contributed by atoms with Crippen molar-refractivity contribution >= 4 is 29.7 Å². The zero-order valence-corrected chi connectivity index (χ0v) is 17.2. The van der Waals surface area contributed by atoms with E-state index in [1.165, 1.54) is 0 Å². The van der Waals surface area contributed by atoms with Crippen molar-refractivity contribution in [1.82, 2.24) is 16.0 Å². The number of rotatable bonds is 13. The standard InChI is InChI=1S/C18H32N4O7/c1-9(2)7-11(19)16(26)20-8-13(23)21-12(5-6-14(24)25)17(27)22-15(10(3)4)18(28)29/h9-12,15H,5-8,19H2,1-4H3,(H,20,26)(H,21,23)(H,22,27)(H,24,25)(H,28,29). The first-order valence-corrected chi connectivity index (χ1v) is 9.42. The molecule has 0 spiro atoms. The smallest absolute Gasteiger partial charge is 0.326 e. The monoisotopic (exact) mass is 416 g/mol. The van der Waals surface area contributed by atoms with Gasteiger partial charge in [0.15, 0.2) is 0 Å². The maximum atomic E-state index is 12.4. The molecule has 3 amide bonds. The Hall–Kier alpha value is -2.69. The number of carbonyl (C=O) groups is 5. The largest absolute Gasteiger partial charge is 0.481 e. The molecular formula is C18H32N4O7. The molecule has 0 aliphatic heterocycles. The molecule has 0 aromatic carbocycles. The third-order valence-corrected chi connectivity index (χ3v) is 4.01. The molecule has 0 aliphatic carbocycles. The van der Waals surface area contributed by atoms with Crippen molar-refractivity contribution in [2.45, 2.75) is 65.1 Å². The van der Waals surface area contributed by atoms with E-state index in [0.29, 0.717) is 6.42 Å². The molecule has 11 heteroatoms. The summed E-state index contributed by atoms with van der Waals surface area (Å²) in [5.41, 5.74) is 5.72. The summed E-state index contributed by atoms with van der Waals surface area (Å²) in [6, 6.07) is -3.24. The van der Waals surface area contributed by atoms with Crippen molar-refractivity contribution in [2.75, 3.05) is 6.54 Å². The van der Waals surface area contributed by atoms with Crippen molar-refractivity contribution in [1.29, 1.82) is 0 Å². The number of aliphatic carboxylic acids is 2. The molecule has 166 valence electrons. The summed E-state index contributed by atoms with van der Waals surface area (Å²) in [4.78, 5) is 58.4. The van der Waals surface area contributed by atoms with Gasteiger partial charge in [-0.05, 0) is 24.7 Å². The SMILES string of the molecule is CC(C)CC(N)C(=O)NCC(=O)NC(CCC(=O)O)C(=O)NC(C(=O)O)C(C)C. The van der Waals surface area contributed by atoms with Gasteiger partial charge in [0.05, 0.1) is 12.6 Å². The van der Waals surface area contributed by atoms with Gasteiger partial charge in [0.2, 0.25) is 17.7 Å². The van der Waals surface area contributed by atoms with Crippen LogP contribution in [-0.2, 0) is 24.0 Å². The van der Waals surface area contributed by atoms with Crippen LogP contribution >= 0.6 is 0 Å². The predicted molar refractivity (Wildman–Crippen MR) is 104 cm³/mol. The Bertz CT molecular complexity index is 607. The van der Waals surface area contributed by atoms with Crippen LogP contribution < -0.4 is 21.7 Å². The molecule has 3 atom stereocenters. The van der Waals surface area contributed by atoms with Crippen LogP contribution in [0, 0.1) is 11.8 Å². The fourth-order valence-electron chi connectivity index (χ4n) is 2.46. The molecule has 0 saturated heterocycles. The maximum Gasteiger partial charge on any atom is 0.326 e. The molecule has 0 bridgehead atoms. The minimum absolute atomic E-state index is 0.191. The van der Waals surface area contributed by atoms with Gasteiger partial charge in [-0.2, -0.15) is 0 Å². The molecule has 0 fully saturated rings. The van der Waals surface area contributed by atoms with Crippen LogP contribution in [0.4, 0.5) is 0 Å². The van der Waals surface area contributed by atoms with E-state index in [0.717, 1.165) is 0 Å². The predicted octanol–water partition coefficient (Wildman–Crippen LogP) is -0.949. The van der Waals surface area contributed by atoms with Crippen molar-refractivity contribution < 1.29 is 34.2 Å². The van der Waals surface area contributed by atoms with Crippen LogP contribution in [0.25, 0.3) is 0 Å². The number of hydrogen-bond donors (Lipinski definition) is 6. The quantitative estimate of drug-likeness (QED) is 0.221. The van der Waals surface area contributed by atoms with E-state index in [1.54, 1.807) is 13.8 Å². The average molecular weight is 416 g/mol. The van der Waals surface area contributed by atoms with Crippen LogP contribution in [-0.4, -0.2) is 64.5 Å². The van der Waals surface area contributed by atoms with Gasteiger partial charge in [0.1, 0.15) is 12.1 Å². The fourth-order valence-corrected chi connectivity index (χ4v) is 2.46. The number of nitrogens with two attached hydrogens (primary N) is 1. The molecule has 0 saturated carbocycles. The zero-order valence-electron chi connectivity index (χ0n) is 17.2. The fraction of sp³-hybridized carbons (Fsp3) is 0.722. The zero-order chi connectivity index (χ0) is 22.7. The highest BCUT2D eigenvalue weighted by Gasteiger charge is 2.29. The summed E-state index contributed by atoms with van der Waals surface area (Å²) in [7, 11) is 0. The Labute approximate surface area is 169 Å². The lowest BCUT2D eigenvalue weighted by Crippen LogP contribution is -2.54. The Morgan fingerprint density at radius 1 is 0.931 bits per heavy atom. The Kier molecular flexibility index (Phi) is 11.5. The molecule has 0 heterocycles. The van der Waals surface area contributed by atoms with Gasteiger partial charge in [-0.3, -0.25) is 19.2 Å². The first kappa shape index (κ1) is 26.3. The first-order chi connectivity index (χ1) is 13.3. The second-order valence-corrected chi connectivity index (χ2v) is 7.57. The molecular weight excluding hydrogens is 384 g/mol. The highest BCUT2D eigenvalue weighted by molar-refractivity contribution is 5.92. The van der Waals surface area contributed by atoms with Gasteiger partial charge in [0, 0.05) is 6.42 Å². The number of carboxylic acids is 2. The molecule has 0 radical (unpaired) electrons. The number of amides is 3. The highest BCUT2D eigenvalue weighted by Crippen LogP contribution is 2.05. The molecule has 11 nitrogen and oxygen atoms in total. The van der Waals surface area contributed by atoms with E-state index < -0.39 is 66.7 Å². The van der Waals surface area contributed by atoms with Gasteiger partial charge < -0.3 is 31.9 Å². The minimum Gasteiger partial charge on any atom is -0.481 e. The first-order valence-electron chi connectivity index (χ1n) is 9.42. The van der Waals surface area contributed by atoms with Gasteiger partial charge in [0.25, 0.3) is 0 Å². The van der Waals surface area contributed by atoms with Crippen molar-refractivity contribution in [2.24, 2.45) is 17.6 Å². The van der Waals surface area contributed by atoms with E-state index in [9.17, 15) is 29.1 Å². The van der Waals surface area contributed by atoms with Crippen molar-refractivity contribution in [3.63, 3.8) is 0 Å². The summed E-state index contributed by atoms with van der Waals surface area (Å²) in [6.45, 7) is 6.54. The van der Waals surface area contributed by atoms with Gasteiger partial charge in [-0.1, -0.05) is 27.7 Å². The van der Waals surface area contributed by atoms with E-state index in [1.807, 2.05) is 13.8 Å². The van der Waals surface area contributed by atoms with Crippen LogP contribution in [0.2, 0.25) is 0 Å². The lowest BCUT2D eigenvalue weighted by molar-refractivity contribution is -0.144. The molecule has 0 aliphatic rings. The molecule has 0 aromatic heterocycles. The summed E-state index contributed by atoms with van der Waals surface area (Å²) < 4.78 is 0. The Balaban J connectivity index is 4.93. The lowest BCUT2D eigenvalue weighted by Gasteiger charge is -2.23. The van der Waals surface area contributed by atoms with Gasteiger partial charge in [-0.25, -0.2) is 4.79 Å². The van der Waals surface area contributed by atoms with Gasteiger partial charge >= 0.3 is 11.9 Å². The number of carboxylic acid groups (broad SMARTS) is 2. The number of nitrogens with one attached hydrogen (secondary N) is 3. The van der Waals surface area contributed by atoms with E-state index in [4.69, 9.17) is 10.8 Å². The second kappa shape index (κ2) is 12.7. The molecule has 0 rings (SSSR count). The lowest BCUT2D eigenvalue weighted by atomic mass is 10.0. The third-order valence-electron chi connectivity index (χ3n) is 4.01. The molecule has 29 heavy (non-hydrogen) atoms. The normalized spacial score (nSPS) is 14.0. The Morgan fingerprint density at radius 3 is 1.97 bits per heavy atom. The van der Waals surface area contributed by atoms with Crippen LogP contribution in [0.1, 0.15) is 47.0 Å². The van der Waals surface area contributed by atoms with Crippen molar-refractivity contribution in [3.05, 3.63) is 0 Å². The average Bonchev–Trinajstić information content (AvgIpc) is 2.59. The van der Waals surface area contributed by atoms with Crippen LogP contribution in [0.15, 0.2) is 0 Å². The summed E-state index contributed by atoms with van der Waals surface area (Å²) >= 11 is 0. The number of hydrogen-bond acceptors (Lipinski definition) is 6. The Morgan fingerprint density at radius 2 is 1.52 bits per heavy atom. The summed E-state index contributed by atoms with van der Waals surface area (Å²) in [6.07, 6.45) is -0.218. The number of carbonyl (C=O) groups excluding carboxylic acids is 3. The molecule has 0 aromatic rings. The van der Waals surface area contributed by atoms with E-state index in [-0.39, 0.29) is 12.3 Å². The second-order valence-electron chi connectivity index (χ2n) is 7.57. The van der Waals surface area contributed by atoms with Gasteiger partial charge in [-0.15, -0.1) is 0 Å². The minimum atomic E-state index is -1.26. The van der Waals surface area contributed by atoms with Crippen molar-refractivity contribution in [3.8, 4) is 0 Å². The molecule has 3 unspecified atom stereocenters. The van der Waals surface area contributed by atoms with Crippen LogP contribution in [0.3, 0.4) is 0 Å². The highest BCUT2D eigenvalue weighted by atomic mass is 16.4. The summed E-state index contributed by atoms with van der Waals surface area (Å²) in [5, 5.41) is 25.0. The summed E-state index contributed by atoms with van der Waals surface area (Å²) in [5.74, 6) is -4.72. The third kappa shape index (κ3) is 11.0. The molecule has 7 N–H and O–H groups in total. The maximum absolute atomic E-state index is 12.4. The van der Waals surface area contributed by atoms with E-state index >= 15 is 0 Å². The van der Waals surface area contributed by atoms with Crippen LogP contribution in [0.5, 0.6) is 0 Å².